The molecule has 27 heavy (non-hydrogen) atoms. The third-order valence-corrected chi connectivity index (χ3v) is 4.10. The summed E-state index contributed by atoms with van der Waals surface area (Å²) in [6.45, 7) is 0.862. The lowest BCUT2D eigenvalue weighted by molar-refractivity contribution is -0.149. The lowest BCUT2D eigenvalue weighted by Crippen LogP contribution is -2.57. The molecule has 1 heterocycles. The number of carboxylic acids is 2. The minimum Gasteiger partial charge on any atom is -0.481 e. The fraction of sp³-hybridized carbons (Fsp3) is 0.667. The zero-order valence-corrected chi connectivity index (χ0v) is 14.8. The Kier molecular flexibility index (Phi) is 8.12. The summed E-state index contributed by atoms with van der Waals surface area (Å²) in [6.07, 6.45) is 0.0523. The first kappa shape index (κ1) is 22.3. The minimum atomic E-state index is -1.52. The predicted octanol–water partition coefficient (Wildman–Crippen LogP) is -3.15. The average Bonchev–Trinajstić information content (AvgIpc) is 3.08. The second-order valence-electron chi connectivity index (χ2n) is 6.21. The molecule has 1 rings (SSSR count). The van der Waals surface area contributed by atoms with Gasteiger partial charge < -0.3 is 36.6 Å². The van der Waals surface area contributed by atoms with E-state index in [-0.39, 0.29) is 6.54 Å². The van der Waals surface area contributed by atoms with Crippen molar-refractivity contribution in [1.82, 2.24) is 15.5 Å². The second-order valence-corrected chi connectivity index (χ2v) is 6.21. The number of aliphatic carboxylic acids is 2. The van der Waals surface area contributed by atoms with Gasteiger partial charge >= 0.3 is 11.9 Å². The van der Waals surface area contributed by atoms with Gasteiger partial charge in [0.1, 0.15) is 24.2 Å². The van der Waals surface area contributed by atoms with Gasteiger partial charge in [-0.05, 0) is 19.8 Å². The first-order valence-corrected chi connectivity index (χ1v) is 8.30. The summed E-state index contributed by atoms with van der Waals surface area (Å²) in [5.74, 6) is -5.02. The summed E-state index contributed by atoms with van der Waals surface area (Å²) in [7, 11) is 0. The Morgan fingerprint density at radius 1 is 1.15 bits per heavy atom. The van der Waals surface area contributed by atoms with Crippen LogP contribution in [-0.2, 0) is 24.0 Å². The van der Waals surface area contributed by atoms with E-state index in [9.17, 15) is 24.0 Å². The van der Waals surface area contributed by atoms with Crippen LogP contribution in [0.2, 0.25) is 0 Å². The normalized spacial score (nSPS) is 19.7. The van der Waals surface area contributed by atoms with Crippen LogP contribution in [-0.4, -0.2) is 87.2 Å². The van der Waals surface area contributed by atoms with Crippen LogP contribution in [0.1, 0.15) is 26.2 Å². The number of likely N-dealkylation sites (tertiary alicyclic amines) is 1. The molecule has 1 aliphatic rings. The number of amides is 3. The summed E-state index contributed by atoms with van der Waals surface area (Å²) in [4.78, 5) is 59.7. The lowest BCUT2D eigenvalue weighted by Gasteiger charge is -2.26. The molecule has 0 aliphatic carbocycles. The molecular weight excluding hydrogens is 364 g/mol. The van der Waals surface area contributed by atoms with Gasteiger partial charge in [0.25, 0.3) is 0 Å². The zero-order chi connectivity index (χ0) is 20.7. The van der Waals surface area contributed by atoms with E-state index in [4.69, 9.17) is 21.1 Å². The molecule has 0 aromatic heterocycles. The first-order valence-electron chi connectivity index (χ1n) is 8.30. The maximum atomic E-state index is 12.4. The largest absolute Gasteiger partial charge is 0.481 e. The van der Waals surface area contributed by atoms with Crippen molar-refractivity contribution in [3.05, 3.63) is 0 Å². The van der Waals surface area contributed by atoms with E-state index in [1.54, 1.807) is 0 Å². The SMILES string of the molecule is CC(NC(=O)C(CC(=O)O)NC(=O)C(N)CO)C(=O)N1CCCC1C(=O)O. The van der Waals surface area contributed by atoms with Crippen molar-refractivity contribution in [2.75, 3.05) is 13.2 Å². The van der Waals surface area contributed by atoms with Crippen LogP contribution < -0.4 is 16.4 Å². The van der Waals surface area contributed by atoms with Crippen molar-refractivity contribution in [2.24, 2.45) is 5.73 Å². The van der Waals surface area contributed by atoms with Crippen molar-refractivity contribution >= 4 is 29.7 Å². The van der Waals surface area contributed by atoms with Gasteiger partial charge in [-0.1, -0.05) is 0 Å². The Hall–Kier alpha value is -2.73. The minimum absolute atomic E-state index is 0.233. The monoisotopic (exact) mass is 388 g/mol. The molecule has 152 valence electrons. The van der Waals surface area contributed by atoms with Crippen LogP contribution in [0.5, 0.6) is 0 Å². The van der Waals surface area contributed by atoms with Gasteiger partial charge in [0.05, 0.1) is 13.0 Å². The van der Waals surface area contributed by atoms with Crippen LogP contribution in [0.25, 0.3) is 0 Å². The van der Waals surface area contributed by atoms with E-state index in [0.29, 0.717) is 12.8 Å². The number of carboxylic acid groups (broad SMARTS) is 2. The maximum Gasteiger partial charge on any atom is 0.326 e. The molecule has 4 unspecified atom stereocenters. The van der Waals surface area contributed by atoms with Crippen molar-refractivity contribution in [1.29, 1.82) is 0 Å². The Morgan fingerprint density at radius 3 is 2.30 bits per heavy atom. The first-order chi connectivity index (χ1) is 12.6. The number of nitrogens with two attached hydrogens (primary N) is 1. The quantitative estimate of drug-likeness (QED) is 0.236. The van der Waals surface area contributed by atoms with Gasteiger partial charge in [-0.15, -0.1) is 0 Å². The van der Waals surface area contributed by atoms with E-state index >= 15 is 0 Å². The highest BCUT2D eigenvalue weighted by Crippen LogP contribution is 2.18. The van der Waals surface area contributed by atoms with E-state index in [0.717, 1.165) is 4.90 Å². The number of hydrogen-bond acceptors (Lipinski definition) is 7. The number of carbonyl (C=O) groups is 5. The fourth-order valence-electron chi connectivity index (χ4n) is 2.66. The summed E-state index contributed by atoms with van der Waals surface area (Å²) in [5.41, 5.74) is 5.31. The van der Waals surface area contributed by atoms with Crippen LogP contribution in [0.15, 0.2) is 0 Å². The smallest absolute Gasteiger partial charge is 0.326 e. The summed E-state index contributed by atoms with van der Waals surface area (Å²) >= 11 is 0. The number of aliphatic hydroxyl groups is 1. The standard InChI is InChI=1S/C15H24N4O8/c1-7(14(25)19-4-2-3-10(19)15(26)27)17-13(24)9(5-11(21)22)18-12(23)8(16)6-20/h7-10,20H,2-6,16H2,1H3,(H,17,24)(H,18,23)(H,21,22)(H,26,27). The third kappa shape index (κ3) is 6.18. The van der Waals surface area contributed by atoms with Gasteiger partial charge in [0, 0.05) is 6.54 Å². The van der Waals surface area contributed by atoms with Crippen LogP contribution >= 0.6 is 0 Å². The lowest BCUT2D eigenvalue weighted by atomic mass is 10.1. The highest BCUT2D eigenvalue weighted by atomic mass is 16.4. The Labute approximate surface area is 154 Å². The summed E-state index contributed by atoms with van der Waals surface area (Å²) in [5, 5.41) is 31.3. The fourth-order valence-corrected chi connectivity index (χ4v) is 2.66. The Morgan fingerprint density at radius 2 is 1.78 bits per heavy atom. The number of nitrogens with zero attached hydrogens (tertiary/aromatic N) is 1. The Balaban J connectivity index is 2.78. The number of aliphatic hydroxyl groups excluding tert-OH is 1. The topological polar surface area (TPSA) is 199 Å². The molecular formula is C15H24N4O8. The van der Waals surface area contributed by atoms with E-state index < -0.39 is 66.9 Å². The van der Waals surface area contributed by atoms with Crippen molar-refractivity contribution in [3.8, 4) is 0 Å². The molecule has 1 aliphatic heterocycles. The van der Waals surface area contributed by atoms with E-state index in [2.05, 4.69) is 10.6 Å². The molecule has 0 radical (unpaired) electrons. The predicted molar refractivity (Wildman–Crippen MR) is 89.2 cm³/mol. The Bertz CT molecular complexity index is 611. The van der Waals surface area contributed by atoms with Crippen molar-refractivity contribution in [2.45, 2.75) is 50.4 Å². The van der Waals surface area contributed by atoms with Gasteiger partial charge in [-0.3, -0.25) is 19.2 Å². The summed E-state index contributed by atoms with van der Waals surface area (Å²) < 4.78 is 0. The average molecular weight is 388 g/mol. The molecule has 4 atom stereocenters. The van der Waals surface area contributed by atoms with E-state index in [1.165, 1.54) is 6.92 Å². The van der Waals surface area contributed by atoms with E-state index in [1.807, 2.05) is 0 Å². The highest BCUT2D eigenvalue weighted by molar-refractivity contribution is 5.95. The van der Waals surface area contributed by atoms with Crippen molar-refractivity contribution < 1.29 is 39.3 Å². The van der Waals surface area contributed by atoms with Crippen LogP contribution in [0.3, 0.4) is 0 Å². The number of carbonyl (C=O) groups excluding carboxylic acids is 3. The molecule has 0 saturated carbocycles. The number of rotatable bonds is 9. The molecule has 0 spiro atoms. The number of nitrogens with one attached hydrogen (secondary N) is 2. The molecule has 7 N–H and O–H groups in total. The van der Waals surface area contributed by atoms with Crippen LogP contribution in [0.4, 0.5) is 0 Å². The molecule has 1 fully saturated rings. The van der Waals surface area contributed by atoms with Gasteiger partial charge in [0.15, 0.2) is 0 Å². The highest BCUT2D eigenvalue weighted by Gasteiger charge is 2.37. The molecule has 12 nitrogen and oxygen atoms in total. The third-order valence-electron chi connectivity index (χ3n) is 4.10. The van der Waals surface area contributed by atoms with Gasteiger partial charge in [-0.2, -0.15) is 0 Å². The molecule has 0 aromatic rings. The molecule has 12 heteroatoms. The summed E-state index contributed by atoms with van der Waals surface area (Å²) in [6, 6.07) is -4.96. The van der Waals surface area contributed by atoms with Gasteiger partial charge in [0.2, 0.25) is 17.7 Å². The van der Waals surface area contributed by atoms with Gasteiger partial charge in [-0.25, -0.2) is 4.79 Å². The maximum absolute atomic E-state index is 12.4. The van der Waals surface area contributed by atoms with Crippen LogP contribution in [0, 0.1) is 0 Å². The number of hydrogen-bond donors (Lipinski definition) is 6. The molecule has 1 saturated heterocycles. The second kappa shape index (κ2) is 9.83. The molecule has 3 amide bonds. The molecule has 0 bridgehead atoms. The molecule has 0 aromatic carbocycles. The van der Waals surface area contributed by atoms with Crippen molar-refractivity contribution in [3.63, 3.8) is 0 Å². The zero-order valence-electron chi connectivity index (χ0n) is 14.8.